The molecule has 1 amide bonds. The van der Waals surface area contributed by atoms with Gasteiger partial charge in [0, 0.05) is 29.6 Å². The van der Waals surface area contributed by atoms with E-state index in [9.17, 15) is 4.79 Å². The number of thiazole rings is 1. The zero-order valence-electron chi connectivity index (χ0n) is 17.0. The van der Waals surface area contributed by atoms with Gasteiger partial charge in [0.1, 0.15) is 0 Å². The number of benzene rings is 1. The fourth-order valence-electron chi connectivity index (χ4n) is 3.80. The van der Waals surface area contributed by atoms with Gasteiger partial charge in [0.25, 0.3) is 0 Å². The molecule has 1 aromatic carbocycles. The van der Waals surface area contributed by atoms with Crippen molar-refractivity contribution in [2.75, 3.05) is 27.2 Å². The maximum atomic E-state index is 13.2. The third kappa shape index (κ3) is 5.17. The van der Waals surface area contributed by atoms with Crippen molar-refractivity contribution in [2.24, 2.45) is 0 Å². The Morgan fingerprint density at radius 1 is 1.11 bits per heavy atom. The van der Waals surface area contributed by atoms with E-state index in [1.165, 1.54) is 18.4 Å². The van der Waals surface area contributed by atoms with Gasteiger partial charge in [-0.1, -0.05) is 42.7 Å². The molecule has 0 unspecified atom stereocenters. The Morgan fingerprint density at radius 3 is 2.41 bits per heavy atom. The zero-order valence-corrected chi connectivity index (χ0v) is 17.8. The molecule has 0 aliphatic heterocycles. The number of hydrogen-bond acceptors (Lipinski definition) is 4. The van der Waals surface area contributed by atoms with E-state index in [0.717, 1.165) is 47.1 Å². The Kier molecular flexibility index (Phi) is 6.66. The normalized spacial score (nSPS) is 14.9. The minimum Gasteiger partial charge on any atom is -0.338 e. The fourth-order valence-corrected chi connectivity index (χ4v) is 4.75. The third-order valence-corrected chi connectivity index (χ3v) is 6.29. The molecule has 5 heteroatoms. The molecular formula is C22H31N3OS. The standard InChI is InChI=1S/C22H31N3OS/c1-16-9-11-18(12-10-16)22-20(27-17(2)23-22)15-21(26)25(14-13-24(3)4)19-7-5-6-8-19/h9-12,19H,5-8,13-15H2,1-4H3. The number of nitrogens with zero attached hydrogens (tertiary/aromatic N) is 3. The lowest BCUT2D eigenvalue weighted by molar-refractivity contribution is -0.132. The van der Waals surface area contributed by atoms with Crippen molar-refractivity contribution in [3.63, 3.8) is 0 Å². The van der Waals surface area contributed by atoms with Crippen LogP contribution in [-0.4, -0.2) is 53.9 Å². The van der Waals surface area contributed by atoms with Crippen molar-refractivity contribution in [3.8, 4) is 11.3 Å². The number of carbonyl (C=O) groups is 1. The highest BCUT2D eigenvalue weighted by molar-refractivity contribution is 7.12. The van der Waals surface area contributed by atoms with Gasteiger partial charge in [-0.2, -0.15) is 0 Å². The molecule has 1 aliphatic rings. The minimum absolute atomic E-state index is 0.251. The molecule has 0 spiro atoms. The average molecular weight is 386 g/mol. The Hall–Kier alpha value is -1.72. The van der Waals surface area contributed by atoms with Crippen LogP contribution in [0.5, 0.6) is 0 Å². The molecule has 0 N–H and O–H groups in total. The number of carbonyl (C=O) groups excluding carboxylic acids is 1. The van der Waals surface area contributed by atoms with E-state index in [4.69, 9.17) is 4.98 Å². The van der Waals surface area contributed by atoms with E-state index in [2.05, 4.69) is 55.1 Å². The molecule has 146 valence electrons. The molecule has 27 heavy (non-hydrogen) atoms. The number of aryl methyl sites for hydroxylation is 2. The van der Waals surface area contributed by atoms with Gasteiger partial charge in [0.15, 0.2) is 0 Å². The first-order valence-electron chi connectivity index (χ1n) is 9.91. The zero-order chi connectivity index (χ0) is 19.4. The summed E-state index contributed by atoms with van der Waals surface area (Å²) in [4.78, 5) is 23.4. The Balaban J connectivity index is 1.79. The molecule has 0 bridgehead atoms. The Morgan fingerprint density at radius 2 is 1.78 bits per heavy atom. The molecule has 3 rings (SSSR count). The predicted octanol–water partition coefficient (Wildman–Crippen LogP) is 4.30. The van der Waals surface area contributed by atoms with Crippen LogP contribution in [0.2, 0.25) is 0 Å². The van der Waals surface area contributed by atoms with Crippen molar-refractivity contribution in [1.82, 2.24) is 14.8 Å². The quantitative estimate of drug-likeness (QED) is 0.713. The summed E-state index contributed by atoms with van der Waals surface area (Å²) < 4.78 is 0. The van der Waals surface area contributed by atoms with E-state index in [-0.39, 0.29) is 5.91 Å². The second-order valence-corrected chi connectivity index (χ2v) is 9.16. The molecule has 4 nitrogen and oxygen atoms in total. The highest BCUT2D eigenvalue weighted by atomic mass is 32.1. The van der Waals surface area contributed by atoms with Gasteiger partial charge in [-0.15, -0.1) is 11.3 Å². The van der Waals surface area contributed by atoms with Gasteiger partial charge < -0.3 is 9.80 Å². The Bertz CT molecular complexity index is 760. The average Bonchev–Trinajstić information content (AvgIpc) is 3.26. The molecule has 1 aliphatic carbocycles. The number of amides is 1. The second kappa shape index (κ2) is 8.98. The van der Waals surface area contributed by atoms with Crippen LogP contribution < -0.4 is 0 Å². The van der Waals surface area contributed by atoms with Crippen LogP contribution in [-0.2, 0) is 11.2 Å². The van der Waals surface area contributed by atoms with Gasteiger partial charge in [-0.25, -0.2) is 4.98 Å². The van der Waals surface area contributed by atoms with Crippen LogP contribution in [0, 0.1) is 13.8 Å². The van der Waals surface area contributed by atoms with Crippen LogP contribution in [0.25, 0.3) is 11.3 Å². The smallest absolute Gasteiger partial charge is 0.228 e. The Labute approximate surface area is 167 Å². The molecule has 0 atom stereocenters. The monoisotopic (exact) mass is 385 g/mol. The fraction of sp³-hybridized carbons (Fsp3) is 0.545. The van der Waals surface area contributed by atoms with Crippen molar-refractivity contribution in [2.45, 2.75) is 52.0 Å². The molecule has 2 aromatic rings. The SMILES string of the molecule is Cc1ccc(-c2nc(C)sc2CC(=O)N(CCN(C)C)C2CCCC2)cc1. The lowest BCUT2D eigenvalue weighted by Gasteiger charge is -2.30. The highest BCUT2D eigenvalue weighted by Gasteiger charge is 2.27. The van der Waals surface area contributed by atoms with Gasteiger partial charge in [0.05, 0.1) is 17.1 Å². The number of rotatable bonds is 7. The first-order chi connectivity index (χ1) is 12.9. The van der Waals surface area contributed by atoms with Crippen LogP contribution in [0.15, 0.2) is 24.3 Å². The number of aromatic nitrogens is 1. The molecular weight excluding hydrogens is 354 g/mol. The van der Waals surface area contributed by atoms with E-state index in [0.29, 0.717) is 12.5 Å². The molecule has 0 radical (unpaired) electrons. The summed E-state index contributed by atoms with van der Waals surface area (Å²) in [5, 5.41) is 1.02. The topological polar surface area (TPSA) is 36.4 Å². The van der Waals surface area contributed by atoms with Gasteiger partial charge >= 0.3 is 0 Å². The minimum atomic E-state index is 0.251. The number of likely N-dealkylation sites (N-methyl/N-ethyl adjacent to an activating group) is 1. The second-order valence-electron chi connectivity index (χ2n) is 7.88. The van der Waals surface area contributed by atoms with Crippen molar-refractivity contribution < 1.29 is 4.79 Å². The summed E-state index contributed by atoms with van der Waals surface area (Å²) in [6, 6.07) is 8.85. The van der Waals surface area contributed by atoms with E-state index in [1.807, 2.05) is 6.92 Å². The first-order valence-corrected chi connectivity index (χ1v) is 10.7. The first kappa shape index (κ1) is 20.0. The van der Waals surface area contributed by atoms with Crippen LogP contribution in [0.4, 0.5) is 0 Å². The van der Waals surface area contributed by atoms with Crippen LogP contribution >= 0.6 is 11.3 Å². The maximum Gasteiger partial charge on any atom is 0.228 e. The maximum absolute atomic E-state index is 13.2. The molecule has 1 fully saturated rings. The number of hydrogen-bond donors (Lipinski definition) is 0. The summed E-state index contributed by atoms with van der Waals surface area (Å²) >= 11 is 1.66. The van der Waals surface area contributed by atoms with Crippen LogP contribution in [0.1, 0.15) is 41.1 Å². The van der Waals surface area contributed by atoms with Crippen molar-refractivity contribution in [1.29, 1.82) is 0 Å². The van der Waals surface area contributed by atoms with Gasteiger partial charge in [0.2, 0.25) is 5.91 Å². The lowest BCUT2D eigenvalue weighted by atomic mass is 10.1. The summed E-state index contributed by atoms with van der Waals surface area (Å²) in [5.74, 6) is 0.251. The van der Waals surface area contributed by atoms with E-state index in [1.54, 1.807) is 11.3 Å². The van der Waals surface area contributed by atoms with Gasteiger partial charge in [-0.05, 0) is 40.8 Å². The molecule has 1 saturated carbocycles. The largest absolute Gasteiger partial charge is 0.338 e. The molecule has 1 heterocycles. The van der Waals surface area contributed by atoms with E-state index < -0.39 is 0 Å². The van der Waals surface area contributed by atoms with Crippen molar-refractivity contribution in [3.05, 3.63) is 39.7 Å². The molecule has 0 saturated heterocycles. The summed E-state index contributed by atoms with van der Waals surface area (Å²) in [5.41, 5.74) is 3.32. The van der Waals surface area contributed by atoms with E-state index >= 15 is 0 Å². The molecule has 1 aromatic heterocycles. The predicted molar refractivity (Wildman–Crippen MR) is 113 cm³/mol. The van der Waals surface area contributed by atoms with Crippen LogP contribution in [0.3, 0.4) is 0 Å². The highest BCUT2D eigenvalue weighted by Crippen LogP contribution is 2.30. The summed E-state index contributed by atoms with van der Waals surface area (Å²) in [7, 11) is 4.14. The summed E-state index contributed by atoms with van der Waals surface area (Å²) in [6.07, 6.45) is 5.23. The summed E-state index contributed by atoms with van der Waals surface area (Å²) in [6.45, 7) is 5.84. The van der Waals surface area contributed by atoms with Gasteiger partial charge in [-0.3, -0.25) is 4.79 Å². The third-order valence-electron chi connectivity index (χ3n) is 5.31. The van der Waals surface area contributed by atoms with Crippen molar-refractivity contribution >= 4 is 17.2 Å². The lowest BCUT2D eigenvalue weighted by Crippen LogP contribution is -2.43.